The minimum Gasteiger partial charge on any atom is -0.497 e. The fourth-order valence-electron chi connectivity index (χ4n) is 2.87. The van der Waals surface area contributed by atoms with E-state index in [-0.39, 0.29) is 19.8 Å². The van der Waals surface area contributed by atoms with Crippen LogP contribution in [-0.4, -0.2) is 26.4 Å². The number of amides is 1. The Morgan fingerprint density at radius 3 is 2.06 bits per heavy atom. The van der Waals surface area contributed by atoms with Crippen LogP contribution in [0.25, 0.3) is 0 Å². The molecule has 2 rings (SSSR count). The number of alkyl carbamates (subject to hydrolysis) is 1. The maximum Gasteiger partial charge on any atom is 0.408 e. The van der Waals surface area contributed by atoms with Crippen LogP contribution in [0.5, 0.6) is 5.75 Å². The summed E-state index contributed by atoms with van der Waals surface area (Å²) in [6.45, 7) is 4.68. The van der Waals surface area contributed by atoms with Crippen molar-refractivity contribution < 1.29 is 27.9 Å². The molecule has 0 spiro atoms. The molecule has 1 atom stereocenters. The average molecular weight is 464 g/mol. The molecular formula is C24H34NO6P. The van der Waals surface area contributed by atoms with Crippen LogP contribution in [0.3, 0.4) is 0 Å². The zero-order valence-electron chi connectivity index (χ0n) is 19.1. The summed E-state index contributed by atoms with van der Waals surface area (Å²) in [5, 5.41) is 2.72. The van der Waals surface area contributed by atoms with Crippen molar-refractivity contribution in [2.45, 2.75) is 51.9 Å². The van der Waals surface area contributed by atoms with Gasteiger partial charge < -0.3 is 23.8 Å². The van der Waals surface area contributed by atoms with Gasteiger partial charge in [-0.1, -0.05) is 69.2 Å². The van der Waals surface area contributed by atoms with Gasteiger partial charge in [-0.05, 0) is 36.1 Å². The van der Waals surface area contributed by atoms with Crippen molar-refractivity contribution in [3.63, 3.8) is 0 Å². The van der Waals surface area contributed by atoms with Crippen molar-refractivity contribution >= 4 is 13.7 Å². The van der Waals surface area contributed by atoms with Crippen molar-refractivity contribution in [3.8, 4) is 5.75 Å². The number of benzene rings is 2. The fraction of sp³-hybridized carbons (Fsp3) is 0.458. The molecular weight excluding hydrogens is 429 g/mol. The van der Waals surface area contributed by atoms with E-state index in [1.165, 1.54) is 0 Å². The zero-order chi connectivity index (χ0) is 23.2. The SMILES string of the molecule is CCCCOP(=O)(OCCCC)C(NC(=O)OCc1ccccc1)c1ccc(OC)cc1. The molecule has 2 aromatic rings. The summed E-state index contributed by atoms with van der Waals surface area (Å²) in [7, 11) is -2.17. The third-order valence-corrected chi connectivity index (χ3v) is 6.90. The highest BCUT2D eigenvalue weighted by molar-refractivity contribution is 7.54. The second-order valence-corrected chi connectivity index (χ2v) is 9.41. The molecule has 0 bridgehead atoms. The molecule has 32 heavy (non-hydrogen) atoms. The predicted octanol–water partition coefficient (Wildman–Crippen LogP) is 6.45. The Hall–Kier alpha value is -2.34. The van der Waals surface area contributed by atoms with Crippen LogP contribution in [0.4, 0.5) is 4.79 Å². The van der Waals surface area contributed by atoms with Crippen molar-refractivity contribution in [2.75, 3.05) is 20.3 Å². The summed E-state index contributed by atoms with van der Waals surface area (Å²) >= 11 is 0. The molecule has 0 fully saturated rings. The van der Waals surface area contributed by atoms with Crippen LogP contribution in [0.2, 0.25) is 0 Å². The molecule has 0 aliphatic heterocycles. The van der Waals surface area contributed by atoms with Crippen molar-refractivity contribution in [2.24, 2.45) is 0 Å². The highest BCUT2D eigenvalue weighted by Crippen LogP contribution is 2.60. The van der Waals surface area contributed by atoms with Gasteiger partial charge in [0.2, 0.25) is 0 Å². The maximum atomic E-state index is 13.9. The Labute approximate surface area is 190 Å². The molecule has 0 aliphatic rings. The summed E-state index contributed by atoms with van der Waals surface area (Å²) in [6, 6.07) is 16.3. The Morgan fingerprint density at radius 2 is 1.53 bits per heavy atom. The van der Waals surface area contributed by atoms with Gasteiger partial charge in [0.05, 0.1) is 20.3 Å². The number of carbonyl (C=O) groups is 1. The third-order valence-electron chi connectivity index (χ3n) is 4.75. The van der Waals surface area contributed by atoms with Crippen LogP contribution in [0, 0.1) is 0 Å². The Kier molecular flexibility index (Phi) is 11.3. The third kappa shape index (κ3) is 8.30. The first-order valence-electron chi connectivity index (χ1n) is 11.0. The highest BCUT2D eigenvalue weighted by Gasteiger charge is 2.39. The molecule has 0 saturated carbocycles. The predicted molar refractivity (Wildman–Crippen MR) is 125 cm³/mol. The number of ether oxygens (including phenoxy) is 2. The summed E-state index contributed by atoms with van der Waals surface area (Å²) in [4.78, 5) is 12.6. The van der Waals surface area contributed by atoms with Gasteiger partial charge >= 0.3 is 13.7 Å². The average Bonchev–Trinajstić information content (AvgIpc) is 2.82. The lowest BCUT2D eigenvalue weighted by atomic mass is 10.2. The van der Waals surface area contributed by atoms with Gasteiger partial charge in [-0.2, -0.15) is 0 Å². The fourth-order valence-corrected chi connectivity index (χ4v) is 4.81. The topological polar surface area (TPSA) is 83.1 Å². The molecule has 176 valence electrons. The van der Waals surface area contributed by atoms with Crippen molar-refractivity contribution in [3.05, 3.63) is 65.7 Å². The summed E-state index contributed by atoms with van der Waals surface area (Å²) in [6.07, 6.45) is 2.53. The maximum absolute atomic E-state index is 13.9. The highest BCUT2D eigenvalue weighted by atomic mass is 31.2. The molecule has 1 amide bonds. The minimum absolute atomic E-state index is 0.0969. The number of nitrogens with one attached hydrogen (secondary N) is 1. The quantitative estimate of drug-likeness (QED) is 0.256. The second kappa shape index (κ2) is 13.9. The van der Waals surface area contributed by atoms with E-state index >= 15 is 0 Å². The largest absolute Gasteiger partial charge is 0.497 e. The van der Waals surface area contributed by atoms with E-state index in [1.807, 2.05) is 44.2 Å². The number of rotatable bonds is 14. The normalized spacial score (nSPS) is 12.2. The lowest BCUT2D eigenvalue weighted by Crippen LogP contribution is -2.30. The van der Waals surface area contributed by atoms with Crippen LogP contribution >= 0.6 is 7.60 Å². The lowest BCUT2D eigenvalue weighted by Gasteiger charge is -2.28. The molecule has 1 N–H and O–H groups in total. The number of unbranched alkanes of at least 4 members (excludes halogenated alkanes) is 2. The van der Waals surface area contributed by atoms with E-state index in [4.69, 9.17) is 18.5 Å². The van der Waals surface area contributed by atoms with E-state index in [1.54, 1.807) is 31.4 Å². The summed E-state index contributed by atoms with van der Waals surface area (Å²) < 4.78 is 36.0. The van der Waals surface area contributed by atoms with Crippen LogP contribution in [0.1, 0.15) is 56.4 Å². The van der Waals surface area contributed by atoms with Crippen molar-refractivity contribution in [1.29, 1.82) is 0 Å². The molecule has 7 nitrogen and oxygen atoms in total. The molecule has 0 radical (unpaired) electrons. The molecule has 0 heterocycles. The van der Waals surface area contributed by atoms with E-state index in [0.29, 0.717) is 11.3 Å². The van der Waals surface area contributed by atoms with E-state index < -0.39 is 19.5 Å². The first-order valence-corrected chi connectivity index (χ1v) is 12.6. The van der Waals surface area contributed by atoms with Gasteiger partial charge in [0.1, 0.15) is 12.4 Å². The molecule has 2 aromatic carbocycles. The van der Waals surface area contributed by atoms with Gasteiger partial charge in [0.25, 0.3) is 0 Å². The molecule has 1 unspecified atom stereocenters. The molecule has 0 aromatic heterocycles. The monoisotopic (exact) mass is 463 g/mol. The second-order valence-electron chi connectivity index (χ2n) is 7.30. The van der Waals surface area contributed by atoms with Gasteiger partial charge in [-0.3, -0.25) is 4.57 Å². The first kappa shape index (κ1) is 25.9. The Bertz CT molecular complexity index is 829. The zero-order valence-corrected chi connectivity index (χ0v) is 20.0. The molecule has 8 heteroatoms. The number of methoxy groups -OCH3 is 1. The molecule has 0 aliphatic carbocycles. The Morgan fingerprint density at radius 1 is 0.938 bits per heavy atom. The van der Waals surface area contributed by atoms with E-state index in [9.17, 15) is 9.36 Å². The first-order chi connectivity index (χ1) is 15.5. The lowest BCUT2D eigenvalue weighted by molar-refractivity contribution is 0.133. The van der Waals surface area contributed by atoms with Crippen LogP contribution in [0.15, 0.2) is 54.6 Å². The standard InChI is InChI=1S/C24H34NO6P/c1-4-6-17-30-32(27,31-18-7-5-2)23(21-13-15-22(28-3)16-14-21)25-24(26)29-19-20-11-9-8-10-12-20/h8-16,23H,4-7,17-19H2,1-3H3,(H,25,26). The number of hydrogen-bond acceptors (Lipinski definition) is 6. The summed E-state index contributed by atoms with van der Waals surface area (Å²) in [5.41, 5.74) is 1.43. The van der Waals surface area contributed by atoms with Crippen molar-refractivity contribution in [1.82, 2.24) is 5.32 Å². The van der Waals surface area contributed by atoms with Crippen LogP contribution in [-0.2, 0) is 25.0 Å². The van der Waals surface area contributed by atoms with Crippen LogP contribution < -0.4 is 10.1 Å². The van der Waals surface area contributed by atoms with Gasteiger partial charge in [-0.25, -0.2) is 4.79 Å². The van der Waals surface area contributed by atoms with Gasteiger partial charge in [-0.15, -0.1) is 0 Å². The number of hydrogen-bond donors (Lipinski definition) is 1. The smallest absolute Gasteiger partial charge is 0.408 e. The number of carbonyl (C=O) groups excluding carboxylic acids is 1. The van der Waals surface area contributed by atoms with Gasteiger partial charge in [0, 0.05) is 0 Å². The van der Waals surface area contributed by atoms with Gasteiger partial charge in [0.15, 0.2) is 5.78 Å². The van der Waals surface area contributed by atoms with E-state index in [2.05, 4.69) is 5.32 Å². The minimum atomic E-state index is -3.74. The van der Waals surface area contributed by atoms with E-state index in [0.717, 1.165) is 31.2 Å². The Balaban J connectivity index is 2.24. The summed E-state index contributed by atoms with van der Waals surface area (Å²) in [5.74, 6) is -0.363. The molecule has 0 saturated heterocycles.